The van der Waals surface area contributed by atoms with Gasteiger partial charge in [-0.15, -0.1) is 0 Å². The number of rotatable bonds is 4. The van der Waals surface area contributed by atoms with Crippen LogP contribution < -0.4 is 4.74 Å². The zero-order chi connectivity index (χ0) is 13.1. The highest BCUT2D eigenvalue weighted by Crippen LogP contribution is 2.22. The number of nitrogens with zero attached hydrogens (tertiary/aromatic N) is 2. The van der Waals surface area contributed by atoms with Crippen LogP contribution in [0.15, 0.2) is 24.3 Å². The second kappa shape index (κ2) is 5.42. The zero-order valence-electron chi connectivity index (χ0n) is 10.4. The predicted molar refractivity (Wildman–Crippen MR) is 69.7 cm³/mol. The lowest BCUT2D eigenvalue weighted by Crippen LogP contribution is -2.03. The molecule has 2 aromatic rings. The number of aliphatic hydroxyl groups excluding tert-OH is 1. The van der Waals surface area contributed by atoms with Crippen LogP contribution in [0.4, 0.5) is 0 Å². The van der Waals surface area contributed by atoms with Crippen LogP contribution in [0, 0.1) is 6.92 Å². The topological polar surface area (TPSA) is 47.3 Å². The average Bonchev–Trinajstić information content (AvgIpc) is 2.61. The van der Waals surface area contributed by atoms with Gasteiger partial charge in [0.1, 0.15) is 12.4 Å². The number of ether oxygens (including phenoxy) is 1. The highest BCUT2D eigenvalue weighted by atomic mass is 35.5. The quantitative estimate of drug-likeness (QED) is 0.925. The first-order valence-electron chi connectivity index (χ1n) is 5.62. The van der Waals surface area contributed by atoms with Gasteiger partial charge >= 0.3 is 0 Å². The lowest BCUT2D eigenvalue weighted by atomic mass is 10.2. The van der Waals surface area contributed by atoms with Crippen molar-refractivity contribution in [2.75, 3.05) is 0 Å². The molecule has 96 valence electrons. The van der Waals surface area contributed by atoms with Gasteiger partial charge in [-0.1, -0.05) is 23.7 Å². The molecule has 1 heterocycles. The maximum absolute atomic E-state index is 9.05. The van der Waals surface area contributed by atoms with Crippen LogP contribution in [-0.2, 0) is 20.3 Å². The molecule has 0 fully saturated rings. The minimum absolute atomic E-state index is 0.00275. The minimum atomic E-state index is 0.00275. The minimum Gasteiger partial charge on any atom is -0.487 e. The van der Waals surface area contributed by atoms with E-state index < -0.39 is 0 Å². The summed E-state index contributed by atoms with van der Waals surface area (Å²) in [5.41, 5.74) is 2.45. The summed E-state index contributed by atoms with van der Waals surface area (Å²) in [5, 5.41) is 13.9. The molecule has 5 heteroatoms. The van der Waals surface area contributed by atoms with Gasteiger partial charge in [-0.3, -0.25) is 4.68 Å². The standard InChI is InChI=1S/C13H15ClN2O2/c1-9-13(14)12(16(2)15-9)8-18-11-5-3-4-10(6-11)7-17/h3-6,17H,7-8H2,1-2H3. The predicted octanol–water partition coefficient (Wildman–Crippen LogP) is 2.45. The van der Waals surface area contributed by atoms with Gasteiger partial charge in [-0.05, 0) is 24.6 Å². The SMILES string of the molecule is Cc1nn(C)c(COc2cccc(CO)c2)c1Cl. The molecule has 0 saturated carbocycles. The molecule has 0 atom stereocenters. The highest BCUT2D eigenvalue weighted by molar-refractivity contribution is 6.31. The smallest absolute Gasteiger partial charge is 0.131 e. The number of benzene rings is 1. The molecular weight excluding hydrogens is 252 g/mol. The molecule has 1 aromatic carbocycles. The molecule has 0 saturated heterocycles. The summed E-state index contributed by atoms with van der Waals surface area (Å²) >= 11 is 6.14. The largest absolute Gasteiger partial charge is 0.487 e. The number of hydrogen-bond donors (Lipinski definition) is 1. The number of aromatic nitrogens is 2. The Morgan fingerprint density at radius 1 is 1.44 bits per heavy atom. The van der Waals surface area contributed by atoms with Crippen molar-refractivity contribution < 1.29 is 9.84 Å². The van der Waals surface area contributed by atoms with Crippen molar-refractivity contribution in [3.05, 3.63) is 46.2 Å². The normalized spacial score (nSPS) is 10.7. The summed E-state index contributed by atoms with van der Waals surface area (Å²) in [6.45, 7) is 2.21. The van der Waals surface area contributed by atoms with Crippen LogP contribution in [0.1, 0.15) is 17.0 Å². The van der Waals surface area contributed by atoms with Crippen molar-refractivity contribution in [2.24, 2.45) is 7.05 Å². The lowest BCUT2D eigenvalue weighted by molar-refractivity contribution is 0.276. The number of aliphatic hydroxyl groups is 1. The molecule has 0 aliphatic carbocycles. The van der Waals surface area contributed by atoms with Gasteiger partial charge in [0.25, 0.3) is 0 Å². The van der Waals surface area contributed by atoms with E-state index in [1.54, 1.807) is 10.7 Å². The molecule has 0 amide bonds. The van der Waals surface area contributed by atoms with E-state index in [2.05, 4.69) is 5.10 Å². The molecule has 1 aromatic heterocycles. The molecule has 0 unspecified atom stereocenters. The van der Waals surface area contributed by atoms with Crippen LogP contribution >= 0.6 is 11.6 Å². The molecule has 0 bridgehead atoms. The fourth-order valence-electron chi connectivity index (χ4n) is 1.72. The maximum Gasteiger partial charge on any atom is 0.131 e. The van der Waals surface area contributed by atoms with Crippen molar-refractivity contribution in [2.45, 2.75) is 20.1 Å². The summed E-state index contributed by atoms with van der Waals surface area (Å²) in [4.78, 5) is 0. The van der Waals surface area contributed by atoms with Crippen LogP contribution in [0.5, 0.6) is 5.75 Å². The Kier molecular flexibility index (Phi) is 3.89. The van der Waals surface area contributed by atoms with E-state index in [1.807, 2.05) is 32.2 Å². The van der Waals surface area contributed by atoms with Crippen molar-refractivity contribution >= 4 is 11.6 Å². The van der Waals surface area contributed by atoms with Crippen LogP contribution in [0.3, 0.4) is 0 Å². The van der Waals surface area contributed by atoms with E-state index in [9.17, 15) is 0 Å². The first-order chi connectivity index (χ1) is 8.61. The van der Waals surface area contributed by atoms with Gasteiger partial charge < -0.3 is 9.84 Å². The third-order valence-corrected chi connectivity index (χ3v) is 3.21. The van der Waals surface area contributed by atoms with Crippen molar-refractivity contribution in [3.63, 3.8) is 0 Å². The van der Waals surface area contributed by atoms with Gasteiger partial charge in [0.05, 0.1) is 23.0 Å². The first kappa shape index (κ1) is 12.9. The fraction of sp³-hybridized carbons (Fsp3) is 0.308. The molecule has 4 nitrogen and oxygen atoms in total. The molecular formula is C13H15ClN2O2. The van der Waals surface area contributed by atoms with E-state index in [0.29, 0.717) is 17.4 Å². The van der Waals surface area contributed by atoms with Crippen LogP contribution in [0.2, 0.25) is 5.02 Å². The zero-order valence-corrected chi connectivity index (χ0v) is 11.1. The molecule has 1 N–H and O–H groups in total. The lowest BCUT2D eigenvalue weighted by Gasteiger charge is -2.08. The van der Waals surface area contributed by atoms with Crippen molar-refractivity contribution in [1.29, 1.82) is 0 Å². The molecule has 0 radical (unpaired) electrons. The van der Waals surface area contributed by atoms with E-state index in [4.69, 9.17) is 21.4 Å². The molecule has 0 spiro atoms. The Morgan fingerprint density at radius 2 is 2.22 bits per heavy atom. The number of aryl methyl sites for hydroxylation is 2. The summed E-state index contributed by atoms with van der Waals surface area (Å²) < 4.78 is 7.37. The van der Waals surface area contributed by atoms with Gasteiger partial charge in [0, 0.05) is 7.05 Å². The van der Waals surface area contributed by atoms with Gasteiger partial charge in [-0.2, -0.15) is 5.10 Å². The molecule has 2 rings (SSSR count). The fourth-order valence-corrected chi connectivity index (χ4v) is 1.94. The van der Waals surface area contributed by atoms with E-state index >= 15 is 0 Å². The molecule has 0 aliphatic rings. The van der Waals surface area contributed by atoms with Gasteiger partial charge in [0.2, 0.25) is 0 Å². The second-order valence-corrected chi connectivity index (χ2v) is 4.44. The number of hydrogen-bond acceptors (Lipinski definition) is 3. The van der Waals surface area contributed by atoms with E-state index in [0.717, 1.165) is 17.0 Å². The Labute approximate surface area is 111 Å². The van der Waals surface area contributed by atoms with E-state index in [1.165, 1.54) is 0 Å². The Bertz CT molecular complexity index is 552. The summed E-state index contributed by atoms with van der Waals surface area (Å²) in [7, 11) is 1.84. The first-order valence-corrected chi connectivity index (χ1v) is 6.00. The Hall–Kier alpha value is -1.52. The Balaban J connectivity index is 2.11. The van der Waals surface area contributed by atoms with Gasteiger partial charge in [0.15, 0.2) is 0 Å². The monoisotopic (exact) mass is 266 g/mol. The third kappa shape index (κ3) is 2.66. The molecule has 0 aliphatic heterocycles. The van der Waals surface area contributed by atoms with Crippen molar-refractivity contribution in [1.82, 2.24) is 9.78 Å². The summed E-state index contributed by atoms with van der Waals surface area (Å²) in [6, 6.07) is 7.33. The van der Waals surface area contributed by atoms with Crippen LogP contribution in [0.25, 0.3) is 0 Å². The summed E-state index contributed by atoms with van der Waals surface area (Å²) in [6.07, 6.45) is 0. The van der Waals surface area contributed by atoms with Crippen LogP contribution in [-0.4, -0.2) is 14.9 Å². The maximum atomic E-state index is 9.05. The molecule has 18 heavy (non-hydrogen) atoms. The van der Waals surface area contributed by atoms with E-state index in [-0.39, 0.29) is 6.61 Å². The number of halogens is 1. The second-order valence-electron chi connectivity index (χ2n) is 4.06. The van der Waals surface area contributed by atoms with Gasteiger partial charge in [-0.25, -0.2) is 0 Å². The average molecular weight is 267 g/mol. The highest BCUT2D eigenvalue weighted by Gasteiger charge is 2.11. The van der Waals surface area contributed by atoms with Crippen molar-refractivity contribution in [3.8, 4) is 5.75 Å². The Morgan fingerprint density at radius 3 is 2.83 bits per heavy atom. The summed E-state index contributed by atoms with van der Waals surface area (Å²) in [5.74, 6) is 0.705. The third-order valence-electron chi connectivity index (χ3n) is 2.72.